The largest absolute Gasteiger partial charge is 0.448 e. The molecule has 0 aliphatic rings. The van der Waals surface area contributed by atoms with Gasteiger partial charge in [-0.1, -0.05) is 35.9 Å². The van der Waals surface area contributed by atoms with Crippen LogP contribution in [0.1, 0.15) is 35.0 Å². The monoisotopic (exact) mass is 397 g/mol. The van der Waals surface area contributed by atoms with E-state index in [1.165, 1.54) is 28.2 Å². The highest BCUT2D eigenvalue weighted by Gasteiger charge is 2.22. The van der Waals surface area contributed by atoms with Crippen molar-refractivity contribution in [1.29, 1.82) is 0 Å². The number of rotatable bonds is 5. The van der Waals surface area contributed by atoms with Gasteiger partial charge in [0.1, 0.15) is 5.01 Å². The first-order valence-corrected chi connectivity index (χ1v) is 9.97. The summed E-state index contributed by atoms with van der Waals surface area (Å²) in [6, 6.07) is 11.8. The second-order valence-electron chi connectivity index (χ2n) is 5.87. The maximum atomic E-state index is 12.4. The molecule has 4 aromatic rings. The van der Waals surface area contributed by atoms with E-state index in [1.807, 2.05) is 48.7 Å². The molecule has 0 spiro atoms. The van der Waals surface area contributed by atoms with Crippen molar-refractivity contribution in [1.82, 2.24) is 15.2 Å². The Kier molecular flexibility index (Phi) is 4.83. The van der Waals surface area contributed by atoms with Crippen LogP contribution in [-0.4, -0.2) is 21.2 Å². The Morgan fingerprint density at radius 3 is 2.70 bits per heavy atom. The van der Waals surface area contributed by atoms with Gasteiger partial charge in [0.25, 0.3) is 11.8 Å². The van der Waals surface area contributed by atoms with Crippen molar-refractivity contribution in [2.45, 2.75) is 20.0 Å². The Morgan fingerprint density at radius 2 is 1.96 bits per heavy atom. The third kappa shape index (κ3) is 3.81. The minimum Gasteiger partial charge on any atom is -0.448 e. The van der Waals surface area contributed by atoms with E-state index in [2.05, 4.69) is 15.2 Å². The number of hydrogen-bond donors (Lipinski definition) is 0. The van der Waals surface area contributed by atoms with Crippen LogP contribution in [0, 0.1) is 6.92 Å². The molecule has 0 radical (unpaired) electrons. The van der Waals surface area contributed by atoms with Gasteiger partial charge in [-0.15, -0.1) is 32.9 Å². The zero-order valence-electron chi connectivity index (χ0n) is 14.6. The molecule has 27 heavy (non-hydrogen) atoms. The number of aryl methyl sites for hydroxylation is 1. The average Bonchev–Trinajstić information content (AvgIpc) is 3.42. The first-order valence-electron chi connectivity index (χ1n) is 8.21. The van der Waals surface area contributed by atoms with Gasteiger partial charge in [-0.05, 0) is 25.3 Å². The lowest BCUT2D eigenvalue weighted by Crippen LogP contribution is -2.10. The first-order chi connectivity index (χ1) is 13.1. The molecule has 1 aromatic carbocycles. The second kappa shape index (κ2) is 7.42. The van der Waals surface area contributed by atoms with E-state index in [1.54, 1.807) is 12.3 Å². The lowest BCUT2D eigenvalue weighted by atomic mass is 10.2. The van der Waals surface area contributed by atoms with Gasteiger partial charge >= 0.3 is 5.97 Å². The standard InChI is InChI=1S/C19H15N3O3S2/c1-11-5-7-13(8-6-11)18-20-14(10-27-18)19(23)24-12(2)16-21-22-17(25-16)15-4-3-9-26-15/h3-10,12H,1-2H3/t12-/m0/s1. The number of esters is 1. The Hall–Kier alpha value is -2.84. The SMILES string of the molecule is Cc1ccc(-c2nc(C(=O)O[C@@H](C)c3nnc(-c4cccs4)o3)cs2)cc1. The number of ether oxygens (including phenoxy) is 1. The summed E-state index contributed by atoms with van der Waals surface area (Å²) < 4.78 is 11.0. The molecule has 8 heteroatoms. The highest BCUT2D eigenvalue weighted by Crippen LogP contribution is 2.27. The van der Waals surface area contributed by atoms with Gasteiger partial charge < -0.3 is 9.15 Å². The van der Waals surface area contributed by atoms with E-state index in [0.717, 1.165) is 15.4 Å². The number of carbonyl (C=O) groups is 1. The minimum atomic E-state index is -0.664. The van der Waals surface area contributed by atoms with Crippen LogP contribution in [0.4, 0.5) is 0 Å². The molecule has 6 nitrogen and oxygen atoms in total. The van der Waals surface area contributed by atoms with E-state index >= 15 is 0 Å². The molecule has 0 bridgehead atoms. The van der Waals surface area contributed by atoms with Crippen molar-refractivity contribution in [2.24, 2.45) is 0 Å². The quantitative estimate of drug-likeness (QED) is 0.434. The van der Waals surface area contributed by atoms with Gasteiger partial charge in [-0.25, -0.2) is 9.78 Å². The highest BCUT2D eigenvalue weighted by molar-refractivity contribution is 7.13. The van der Waals surface area contributed by atoms with Gasteiger partial charge in [-0.2, -0.15) is 0 Å². The zero-order chi connectivity index (χ0) is 18.8. The Balaban J connectivity index is 1.45. The molecule has 3 aromatic heterocycles. The fraction of sp³-hybridized carbons (Fsp3) is 0.158. The zero-order valence-corrected chi connectivity index (χ0v) is 16.2. The van der Waals surface area contributed by atoms with Crippen molar-refractivity contribution in [2.75, 3.05) is 0 Å². The van der Waals surface area contributed by atoms with Crippen molar-refractivity contribution in [3.63, 3.8) is 0 Å². The van der Waals surface area contributed by atoms with Crippen LogP contribution in [0.25, 0.3) is 21.3 Å². The molecule has 0 aliphatic carbocycles. The van der Waals surface area contributed by atoms with E-state index in [4.69, 9.17) is 9.15 Å². The Morgan fingerprint density at radius 1 is 1.15 bits per heavy atom. The highest BCUT2D eigenvalue weighted by atomic mass is 32.1. The number of hydrogen-bond acceptors (Lipinski definition) is 8. The Bertz CT molecular complexity index is 1050. The molecule has 0 saturated carbocycles. The summed E-state index contributed by atoms with van der Waals surface area (Å²) in [5.74, 6) is 0.145. The maximum absolute atomic E-state index is 12.4. The van der Waals surface area contributed by atoms with Gasteiger partial charge in [0.15, 0.2) is 11.8 Å². The molecular formula is C19H15N3O3S2. The van der Waals surface area contributed by atoms with Crippen LogP contribution in [0.15, 0.2) is 51.6 Å². The number of thiazole rings is 1. The summed E-state index contributed by atoms with van der Waals surface area (Å²) in [5, 5.41) is 12.4. The molecule has 3 heterocycles. The van der Waals surface area contributed by atoms with Gasteiger partial charge in [0, 0.05) is 10.9 Å². The molecular weight excluding hydrogens is 382 g/mol. The molecule has 0 aliphatic heterocycles. The predicted octanol–water partition coefficient (Wildman–Crippen LogP) is 5.15. The van der Waals surface area contributed by atoms with Crippen LogP contribution in [0.5, 0.6) is 0 Å². The molecule has 0 unspecified atom stereocenters. The molecule has 0 N–H and O–H groups in total. The molecule has 4 rings (SSSR count). The van der Waals surface area contributed by atoms with Crippen LogP contribution < -0.4 is 0 Å². The van der Waals surface area contributed by atoms with E-state index in [-0.39, 0.29) is 11.6 Å². The molecule has 136 valence electrons. The van der Waals surface area contributed by atoms with Crippen LogP contribution >= 0.6 is 22.7 Å². The van der Waals surface area contributed by atoms with E-state index < -0.39 is 12.1 Å². The topological polar surface area (TPSA) is 78.1 Å². The van der Waals surface area contributed by atoms with Crippen molar-refractivity contribution < 1.29 is 13.9 Å². The summed E-state index contributed by atoms with van der Waals surface area (Å²) in [4.78, 5) is 17.6. The lowest BCUT2D eigenvalue weighted by Gasteiger charge is -2.07. The fourth-order valence-electron chi connectivity index (χ4n) is 2.37. The van der Waals surface area contributed by atoms with Gasteiger partial charge in [0.2, 0.25) is 0 Å². The second-order valence-corrected chi connectivity index (χ2v) is 7.68. The summed E-state index contributed by atoms with van der Waals surface area (Å²) >= 11 is 2.90. The van der Waals surface area contributed by atoms with Gasteiger partial charge in [0.05, 0.1) is 4.88 Å². The van der Waals surface area contributed by atoms with Gasteiger partial charge in [-0.3, -0.25) is 0 Å². The lowest BCUT2D eigenvalue weighted by molar-refractivity contribution is 0.0274. The average molecular weight is 397 g/mol. The Labute approximate surface area is 163 Å². The number of thiophene rings is 1. The third-order valence-corrected chi connectivity index (χ3v) is 5.57. The number of benzene rings is 1. The molecule has 0 fully saturated rings. The van der Waals surface area contributed by atoms with Crippen LogP contribution in [-0.2, 0) is 4.74 Å². The normalized spacial score (nSPS) is 12.1. The fourth-order valence-corrected chi connectivity index (χ4v) is 3.81. The minimum absolute atomic E-state index is 0.251. The van der Waals surface area contributed by atoms with Crippen LogP contribution in [0.3, 0.4) is 0 Å². The summed E-state index contributed by atoms with van der Waals surface area (Å²) in [6.07, 6.45) is -0.664. The van der Waals surface area contributed by atoms with Crippen molar-refractivity contribution >= 4 is 28.6 Å². The smallest absolute Gasteiger partial charge is 0.358 e. The third-order valence-electron chi connectivity index (χ3n) is 3.82. The van der Waals surface area contributed by atoms with Crippen molar-refractivity contribution in [3.8, 4) is 21.3 Å². The van der Waals surface area contributed by atoms with Crippen molar-refractivity contribution in [3.05, 3.63) is 64.3 Å². The van der Waals surface area contributed by atoms with E-state index in [0.29, 0.717) is 5.89 Å². The summed E-state index contributed by atoms with van der Waals surface area (Å²) in [6.45, 7) is 3.72. The van der Waals surface area contributed by atoms with Crippen LogP contribution in [0.2, 0.25) is 0 Å². The summed E-state index contributed by atoms with van der Waals surface area (Å²) in [5.41, 5.74) is 2.40. The molecule has 0 amide bonds. The summed E-state index contributed by atoms with van der Waals surface area (Å²) in [7, 11) is 0. The molecule has 0 saturated heterocycles. The molecule has 1 atom stereocenters. The van der Waals surface area contributed by atoms with E-state index in [9.17, 15) is 4.79 Å². The predicted molar refractivity (Wildman–Crippen MR) is 104 cm³/mol. The number of carbonyl (C=O) groups excluding carboxylic acids is 1. The number of nitrogens with zero attached hydrogens (tertiary/aromatic N) is 3. The maximum Gasteiger partial charge on any atom is 0.358 e. The number of aromatic nitrogens is 3. The first kappa shape index (κ1) is 17.6.